The highest BCUT2D eigenvalue weighted by Gasteiger charge is 2.35. The largest absolute Gasteiger partial charge is 0.118 e. The van der Waals surface area contributed by atoms with Crippen LogP contribution in [0.25, 0.3) is 0 Å². The van der Waals surface area contributed by atoms with Gasteiger partial charge in [-0.3, -0.25) is 0 Å². The Morgan fingerprint density at radius 3 is 0.919 bits per heavy atom. The zero-order chi connectivity index (χ0) is 26.3. The molecular weight excluding hydrogens is 460 g/mol. The minimum absolute atomic E-state index is 1.35. The molecule has 1 heteroatoms. The highest BCUT2D eigenvalue weighted by molar-refractivity contribution is 7.02. The van der Waals surface area contributed by atoms with Gasteiger partial charge in [-0.05, 0) is 12.1 Å². The molecule has 0 radical (unpaired) electrons. The summed E-state index contributed by atoms with van der Waals surface area (Å²) in [5.41, 5.74) is 0. The third-order valence-electron chi connectivity index (χ3n) is 8.57. The highest BCUT2D eigenvalue weighted by Crippen LogP contribution is 2.25. The Bertz CT molecular complexity index is 672. The van der Waals surface area contributed by atoms with Gasteiger partial charge in [0.2, 0.25) is 0 Å². The molecule has 0 aromatic heterocycles. The van der Waals surface area contributed by atoms with Gasteiger partial charge in [0.25, 0.3) is 0 Å². The van der Waals surface area contributed by atoms with E-state index < -0.39 is 8.07 Å². The monoisotopic (exact) mass is 520 g/mol. The highest BCUT2D eigenvalue weighted by atomic mass is 28.3. The van der Waals surface area contributed by atoms with Gasteiger partial charge >= 0.3 is 0 Å². The maximum absolute atomic E-state index is 2.46. The Morgan fingerprint density at radius 1 is 0.351 bits per heavy atom. The van der Waals surface area contributed by atoms with Crippen molar-refractivity contribution >= 4 is 18.4 Å². The van der Waals surface area contributed by atoms with Crippen LogP contribution in [-0.4, -0.2) is 8.07 Å². The molecule has 0 saturated heterocycles. The molecule has 2 aromatic rings. The van der Waals surface area contributed by atoms with E-state index in [-0.39, 0.29) is 0 Å². The van der Waals surface area contributed by atoms with E-state index in [1.54, 1.807) is 10.4 Å². The second-order valence-corrected chi connectivity index (χ2v) is 16.0. The minimum atomic E-state index is -1.73. The van der Waals surface area contributed by atoms with Gasteiger partial charge in [0.15, 0.2) is 0 Å². The molecule has 0 unspecified atom stereocenters. The molecule has 0 nitrogen and oxygen atoms in total. The molecule has 37 heavy (non-hydrogen) atoms. The van der Waals surface area contributed by atoms with E-state index in [9.17, 15) is 0 Å². The zero-order valence-electron chi connectivity index (χ0n) is 24.8. The smallest absolute Gasteiger partial charge is 0.0654 e. The standard InChI is InChI=1S/C36H60Si/c1-3-5-7-9-11-13-15-17-19-27-33-37(35-29-23-21-24-30-35,36-31-25-22-26-32-36)34-28-20-18-16-14-12-10-8-6-4-2/h21-26,29-32H,3-20,27-28,33-34H2,1-2H3. The van der Waals surface area contributed by atoms with Crippen LogP contribution >= 0.6 is 0 Å². The van der Waals surface area contributed by atoms with Crippen molar-refractivity contribution in [3.63, 3.8) is 0 Å². The van der Waals surface area contributed by atoms with Gasteiger partial charge in [-0.15, -0.1) is 0 Å². The maximum atomic E-state index is 2.46. The Hall–Kier alpha value is -1.34. The van der Waals surface area contributed by atoms with Gasteiger partial charge in [0, 0.05) is 0 Å². The van der Waals surface area contributed by atoms with Crippen molar-refractivity contribution < 1.29 is 0 Å². The minimum Gasteiger partial charge on any atom is -0.0654 e. The summed E-state index contributed by atoms with van der Waals surface area (Å²) in [6.45, 7) is 4.62. The van der Waals surface area contributed by atoms with Crippen LogP contribution in [0, 0.1) is 0 Å². The first kappa shape index (κ1) is 31.9. The van der Waals surface area contributed by atoms with Crippen LogP contribution in [0.3, 0.4) is 0 Å². The lowest BCUT2D eigenvalue weighted by Gasteiger charge is -2.33. The number of hydrogen-bond donors (Lipinski definition) is 0. The first-order valence-electron chi connectivity index (χ1n) is 16.4. The summed E-state index contributed by atoms with van der Waals surface area (Å²) < 4.78 is 0. The Labute approximate surface area is 233 Å². The van der Waals surface area contributed by atoms with Gasteiger partial charge < -0.3 is 0 Å². The van der Waals surface area contributed by atoms with Crippen molar-refractivity contribution in [1.82, 2.24) is 0 Å². The van der Waals surface area contributed by atoms with Gasteiger partial charge in [0.05, 0.1) is 0 Å². The first-order valence-corrected chi connectivity index (χ1v) is 18.9. The van der Waals surface area contributed by atoms with Crippen molar-refractivity contribution in [3.8, 4) is 0 Å². The lowest BCUT2D eigenvalue weighted by Crippen LogP contribution is -2.58. The summed E-state index contributed by atoms with van der Waals surface area (Å²) in [6, 6.07) is 26.3. The SMILES string of the molecule is CCCCCCCCCCCC[Si](CCCCCCCCCCCC)(c1ccccc1)c1ccccc1. The van der Waals surface area contributed by atoms with E-state index in [1.807, 2.05) is 0 Å². The molecule has 0 bridgehead atoms. The Balaban J connectivity index is 1.88. The molecule has 0 aliphatic heterocycles. The van der Waals surface area contributed by atoms with Crippen molar-refractivity contribution in [1.29, 1.82) is 0 Å². The molecule has 208 valence electrons. The van der Waals surface area contributed by atoms with Crippen LogP contribution in [0.2, 0.25) is 12.1 Å². The third kappa shape index (κ3) is 13.3. The van der Waals surface area contributed by atoms with Crippen LogP contribution < -0.4 is 10.4 Å². The van der Waals surface area contributed by atoms with Crippen molar-refractivity contribution in [2.45, 2.75) is 154 Å². The van der Waals surface area contributed by atoms with Crippen molar-refractivity contribution in [2.24, 2.45) is 0 Å². The normalized spacial score (nSPS) is 11.7. The average molecular weight is 521 g/mol. The molecule has 0 N–H and O–H groups in total. The summed E-state index contributed by atoms with van der Waals surface area (Å²) in [5, 5.41) is 3.35. The number of unbranched alkanes of at least 4 members (excludes halogenated alkanes) is 18. The molecule has 0 aliphatic carbocycles. The van der Waals surface area contributed by atoms with Crippen LogP contribution in [0.5, 0.6) is 0 Å². The van der Waals surface area contributed by atoms with Crippen LogP contribution in [0.15, 0.2) is 60.7 Å². The van der Waals surface area contributed by atoms with E-state index >= 15 is 0 Å². The van der Waals surface area contributed by atoms with Gasteiger partial charge in [-0.2, -0.15) is 0 Å². The fraction of sp³-hybridized carbons (Fsp3) is 0.667. The van der Waals surface area contributed by atoms with Gasteiger partial charge in [-0.25, -0.2) is 0 Å². The van der Waals surface area contributed by atoms with Crippen LogP contribution in [0.1, 0.15) is 142 Å². The van der Waals surface area contributed by atoms with Crippen LogP contribution in [-0.2, 0) is 0 Å². The third-order valence-corrected chi connectivity index (χ3v) is 13.9. The van der Waals surface area contributed by atoms with Crippen LogP contribution in [0.4, 0.5) is 0 Å². The molecular formula is C36H60Si. The summed E-state index contributed by atoms with van der Waals surface area (Å²) in [6.07, 6.45) is 28.5. The molecule has 2 aromatic carbocycles. The fourth-order valence-corrected chi connectivity index (χ4v) is 11.3. The van der Waals surface area contributed by atoms with Gasteiger partial charge in [-0.1, -0.05) is 213 Å². The average Bonchev–Trinajstić information content (AvgIpc) is 2.95. The zero-order valence-corrected chi connectivity index (χ0v) is 25.8. The predicted molar refractivity (Wildman–Crippen MR) is 171 cm³/mol. The molecule has 0 spiro atoms. The van der Waals surface area contributed by atoms with E-state index in [0.717, 1.165) is 0 Å². The molecule has 2 rings (SSSR count). The number of hydrogen-bond acceptors (Lipinski definition) is 0. The Kier molecular flexibility index (Phi) is 18.6. The van der Waals surface area contributed by atoms with E-state index in [1.165, 1.54) is 141 Å². The summed E-state index contributed by atoms with van der Waals surface area (Å²) in [5.74, 6) is 0. The molecule has 0 heterocycles. The topological polar surface area (TPSA) is 0 Å². The van der Waals surface area contributed by atoms with E-state index in [2.05, 4.69) is 74.5 Å². The summed E-state index contributed by atoms with van der Waals surface area (Å²) in [4.78, 5) is 0. The fourth-order valence-electron chi connectivity index (χ4n) is 6.21. The lowest BCUT2D eigenvalue weighted by atomic mass is 10.1. The van der Waals surface area contributed by atoms with Crippen molar-refractivity contribution in [2.75, 3.05) is 0 Å². The van der Waals surface area contributed by atoms with E-state index in [0.29, 0.717) is 0 Å². The lowest BCUT2D eigenvalue weighted by molar-refractivity contribution is 0.559. The Morgan fingerprint density at radius 2 is 0.622 bits per heavy atom. The quantitative estimate of drug-likeness (QED) is 0.0953. The van der Waals surface area contributed by atoms with E-state index in [4.69, 9.17) is 0 Å². The molecule has 0 atom stereocenters. The number of rotatable bonds is 24. The van der Waals surface area contributed by atoms with Gasteiger partial charge in [0.1, 0.15) is 8.07 Å². The second kappa shape index (κ2) is 21.6. The molecule has 0 aliphatic rings. The van der Waals surface area contributed by atoms with Crippen molar-refractivity contribution in [3.05, 3.63) is 60.7 Å². The first-order chi connectivity index (χ1) is 18.3. The second-order valence-electron chi connectivity index (χ2n) is 11.7. The molecule has 0 fully saturated rings. The predicted octanol–water partition coefficient (Wildman–Crippen LogP) is 11.1. The molecule has 0 amide bonds. The number of benzene rings is 2. The maximum Gasteiger partial charge on any atom is 0.118 e. The molecule has 0 saturated carbocycles. The summed E-state index contributed by atoms with van der Waals surface area (Å²) in [7, 11) is -1.73. The summed E-state index contributed by atoms with van der Waals surface area (Å²) >= 11 is 0.